The van der Waals surface area contributed by atoms with Gasteiger partial charge in [0.15, 0.2) is 0 Å². The van der Waals surface area contributed by atoms with E-state index in [-0.39, 0.29) is 12.2 Å². The van der Waals surface area contributed by atoms with Crippen LogP contribution in [0.2, 0.25) is 0 Å². The Morgan fingerprint density at radius 3 is 2.67 bits per heavy atom. The Hall–Kier alpha value is 0.570. The summed E-state index contributed by atoms with van der Waals surface area (Å²) in [4.78, 5) is 0. The summed E-state index contributed by atoms with van der Waals surface area (Å²) in [7, 11) is 0. The standard InChI is InChI=1S/C8H9Cl3O/c9-8(10,11)7-5-2-1-3-6(4-5)12-7/h1,3,5-7H,2,4H2. The monoisotopic (exact) mass is 226 g/mol. The minimum Gasteiger partial charge on any atom is -0.366 e. The predicted octanol–water partition coefficient (Wildman–Crippen LogP) is 3.09. The number of hydrogen-bond donors (Lipinski definition) is 0. The van der Waals surface area contributed by atoms with Gasteiger partial charge in [0.1, 0.15) is 6.10 Å². The van der Waals surface area contributed by atoms with Gasteiger partial charge >= 0.3 is 0 Å². The smallest absolute Gasteiger partial charge is 0.216 e. The Labute approximate surface area is 86.6 Å². The summed E-state index contributed by atoms with van der Waals surface area (Å²) >= 11 is 17.4. The maximum atomic E-state index is 5.78. The lowest BCUT2D eigenvalue weighted by Gasteiger charge is -2.23. The fourth-order valence-electron chi connectivity index (χ4n) is 1.87. The molecule has 12 heavy (non-hydrogen) atoms. The zero-order valence-corrected chi connectivity index (χ0v) is 8.61. The minimum atomic E-state index is -1.27. The van der Waals surface area contributed by atoms with E-state index in [0.29, 0.717) is 5.92 Å². The van der Waals surface area contributed by atoms with E-state index in [2.05, 4.69) is 6.08 Å². The van der Waals surface area contributed by atoms with Crippen molar-refractivity contribution >= 4 is 34.8 Å². The molecule has 0 aromatic rings. The van der Waals surface area contributed by atoms with Crippen LogP contribution in [0.5, 0.6) is 0 Å². The molecule has 1 aliphatic heterocycles. The van der Waals surface area contributed by atoms with Crippen molar-refractivity contribution in [3.63, 3.8) is 0 Å². The first-order chi connectivity index (χ1) is 5.57. The fraction of sp³-hybridized carbons (Fsp3) is 0.750. The first-order valence-electron chi connectivity index (χ1n) is 3.96. The summed E-state index contributed by atoms with van der Waals surface area (Å²) < 4.78 is 4.29. The second-order valence-corrected chi connectivity index (χ2v) is 5.67. The summed E-state index contributed by atoms with van der Waals surface area (Å²) in [6.45, 7) is 0. The van der Waals surface area contributed by atoms with Gasteiger partial charge < -0.3 is 4.74 Å². The summed E-state index contributed by atoms with van der Waals surface area (Å²) in [6.07, 6.45) is 6.05. The second-order valence-electron chi connectivity index (χ2n) is 3.30. The number of rotatable bonds is 0. The van der Waals surface area contributed by atoms with Gasteiger partial charge in [0.2, 0.25) is 3.79 Å². The zero-order chi connectivity index (χ0) is 8.77. The van der Waals surface area contributed by atoms with E-state index in [0.717, 1.165) is 12.8 Å². The predicted molar refractivity (Wildman–Crippen MR) is 50.8 cm³/mol. The molecular formula is C8H9Cl3O. The van der Waals surface area contributed by atoms with Crippen LogP contribution in [0.3, 0.4) is 0 Å². The third-order valence-corrected chi connectivity index (χ3v) is 3.04. The molecule has 2 aliphatic rings. The highest BCUT2D eigenvalue weighted by molar-refractivity contribution is 6.68. The largest absolute Gasteiger partial charge is 0.366 e. The average Bonchev–Trinajstić information content (AvgIpc) is 2.25. The molecule has 0 saturated carbocycles. The van der Waals surface area contributed by atoms with E-state index in [1.807, 2.05) is 6.08 Å². The van der Waals surface area contributed by atoms with E-state index in [9.17, 15) is 0 Å². The van der Waals surface area contributed by atoms with Crippen LogP contribution in [-0.2, 0) is 4.74 Å². The van der Waals surface area contributed by atoms with Gasteiger partial charge in [-0.05, 0) is 18.8 Å². The van der Waals surface area contributed by atoms with Crippen molar-refractivity contribution < 1.29 is 4.74 Å². The molecule has 4 heteroatoms. The molecule has 1 heterocycles. The summed E-state index contributed by atoms with van der Waals surface area (Å²) in [6, 6.07) is 0. The van der Waals surface area contributed by atoms with E-state index in [1.165, 1.54) is 0 Å². The lowest BCUT2D eigenvalue weighted by atomic mass is 9.92. The molecule has 1 nitrogen and oxygen atoms in total. The topological polar surface area (TPSA) is 9.23 Å². The molecule has 0 N–H and O–H groups in total. The lowest BCUT2D eigenvalue weighted by Crippen LogP contribution is -2.30. The quantitative estimate of drug-likeness (QED) is 0.456. The fourth-order valence-corrected chi connectivity index (χ4v) is 2.56. The number of fused-ring (bicyclic) bond motifs is 2. The number of allylic oxidation sites excluding steroid dienone is 1. The van der Waals surface area contributed by atoms with Gasteiger partial charge in [0.05, 0.1) is 6.10 Å². The molecule has 0 radical (unpaired) electrons. The number of hydrogen-bond acceptors (Lipinski definition) is 1. The third-order valence-electron chi connectivity index (χ3n) is 2.40. The summed E-state index contributed by atoms with van der Waals surface area (Å²) in [5.74, 6) is 0.382. The molecule has 3 unspecified atom stereocenters. The van der Waals surface area contributed by atoms with Crippen molar-refractivity contribution in [3.05, 3.63) is 12.2 Å². The maximum Gasteiger partial charge on any atom is 0.216 e. The minimum absolute atomic E-state index is 0.171. The van der Waals surface area contributed by atoms with E-state index in [1.54, 1.807) is 0 Å². The molecule has 0 aromatic carbocycles. The second kappa shape index (κ2) is 3.06. The summed E-state index contributed by atoms with van der Waals surface area (Å²) in [5, 5.41) is 0. The van der Waals surface area contributed by atoms with Crippen LogP contribution >= 0.6 is 34.8 Å². The Balaban J connectivity index is 2.13. The Bertz CT molecular complexity index is 209. The van der Waals surface area contributed by atoms with Gasteiger partial charge in [-0.2, -0.15) is 0 Å². The van der Waals surface area contributed by atoms with Crippen LogP contribution in [0.1, 0.15) is 12.8 Å². The molecule has 2 rings (SSSR count). The van der Waals surface area contributed by atoms with E-state index < -0.39 is 3.79 Å². The molecule has 3 atom stereocenters. The first kappa shape index (κ1) is 9.14. The van der Waals surface area contributed by atoms with Crippen molar-refractivity contribution in [1.82, 2.24) is 0 Å². The van der Waals surface area contributed by atoms with Gasteiger partial charge in [0, 0.05) is 0 Å². The summed E-state index contributed by atoms with van der Waals surface area (Å²) in [5.41, 5.74) is 0. The average molecular weight is 228 g/mol. The van der Waals surface area contributed by atoms with Gasteiger partial charge in [-0.25, -0.2) is 0 Å². The number of halogens is 3. The van der Waals surface area contributed by atoms with Crippen LogP contribution in [0.15, 0.2) is 12.2 Å². The highest BCUT2D eigenvalue weighted by Gasteiger charge is 2.46. The highest BCUT2D eigenvalue weighted by Crippen LogP contribution is 2.45. The molecule has 0 spiro atoms. The van der Waals surface area contributed by atoms with Crippen LogP contribution in [0.4, 0.5) is 0 Å². The van der Waals surface area contributed by atoms with E-state index in [4.69, 9.17) is 39.5 Å². The molecule has 0 amide bonds. The van der Waals surface area contributed by atoms with Gasteiger partial charge in [0.25, 0.3) is 0 Å². The lowest BCUT2D eigenvalue weighted by molar-refractivity contribution is 0.0640. The number of alkyl halides is 3. The van der Waals surface area contributed by atoms with Gasteiger partial charge in [-0.1, -0.05) is 47.0 Å². The molecule has 1 aliphatic carbocycles. The molecule has 2 bridgehead atoms. The Kier molecular flexibility index (Phi) is 2.33. The third kappa shape index (κ3) is 1.60. The zero-order valence-electron chi connectivity index (χ0n) is 6.34. The Morgan fingerprint density at radius 2 is 2.08 bits per heavy atom. The van der Waals surface area contributed by atoms with Crippen LogP contribution in [-0.4, -0.2) is 16.0 Å². The van der Waals surface area contributed by atoms with E-state index >= 15 is 0 Å². The van der Waals surface area contributed by atoms with Crippen molar-refractivity contribution in [1.29, 1.82) is 0 Å². The van der Waals surface area contributed by atoms with Crippen molar-refractivity contribution in [3.8, 4) is 0 Å². The van der Waals surface area contributed by atoms with Crippen molar-refractivity contribution in [2.24, 2.45) is 5.92 Å². The van der Waals surface area contributed by atoms with Crippen molar-refractivity contribution in [2.45, 2.75) is 28.8 Å². The normalized spacial score (nSPS) is 40.4. The van der Waals surface area contributed by atoms with Crippen LogP contribution in [0, 0.1) is 5.92 Å². The molecular weight excluding hydrogens is 218 g/mol. The van der Waals surface area contributed by atoms with Crippen molar-refractivity contribution in [2.75, 3.05) is 0 Å². The highest BCUT2D eigenvalue weighted by atomic mass is 35.6. The molecule has 1 saturated heterocycles. The van der Waals surface area contributed by atoms with Gasteiger partial charge in [-0.15, -0.1) is 0 Å². The maximum absolute atomic E-state index is 5.78. The molecule has 68 valence electrons. The first-order valence-corrected chi connectivity index (χ1v) is 5.09. The van der Waals surface area contributed by atoms with Crippen LogP contribution < -0.4 is 0 Å². The molecule has 0 aromatic heterocycles. The van der Waals surface area contributed by atoms with Crippen LogP contribution in [0.25, 0.3) is 0 Å². The van der Waals surface area contributed by atoms with Gasteiger partial charge in [-0.3, -0.25) is 0 Å². The number of ether oxygens (including phenoxy) is 1. The SMILES string of the molecule is ClC(Cl)(Cl)C1OC2C=CCC1C2. The molecule has 1 fully saturated rings. The Morgan fingerprint density at radius 1 is 1.33 bits per heavy atom.